The van der Waals surface area contributed by atoms with Crippen molar-refractivity contribution >= 4 is 11.6 Å². The number of nitrogens with two attached hydrogens (primary N) is 1. The van der Waals surface area contributed by atoms with Crippen LogP contribution in [-0.2, 0) is 0 Å². The number of hydrogen-bond acceptors (Lipinski definition) is 4. The molecule has 0 saturated carbocycles. The fourth-order valence-electron chi connectivity index (χ4n) is 2.21. The lowest BCUT2D eigenvalue weighted by atomic mass is 10.1. The van der Waals surface area contributed by atoms with Crippen molar-refractivity contribution < 1.29 is 0 Å². The zero-order valence-corrected chi connectivity index (χ0v) is 10.0. The van der Waals surface area contributed by atoms with E-state index >= 15 is 0 Å². The van der Waals surface area contributed by atoms with Crippen molar-refractivity contribution in [2.45, 2.75) is 25.8 Å². The van der Waals surface area contributed by atoms with Crippen molar-refractivity contribution in [1.82, 2.24) is 14.6 Å². The largest absolute Gasteiger partial charge is 0.339 e. The standard InChI is InChI=1S/C12H17N5/c1-9-2-3-11-14-12(15-17(11)8-9)16-6-4-10(13)5-7-16/h2-3,8,10H,4-7,13H2,1H3. The van der Waals surface area contributed by atoms with Crippen LogP contribution >= 0.6 is 0 Å². The average molecular weight is 231 g/mol. The number of aromatic nitrogens is 3. The minimum Gasteiger partial charge on any atom is -0.339 e. The molecule has 90 valence electrons. The monoisotopic (exact) mass is 231 g/mol. The number of anilines is 1. The summed E-state index contributed by atoms with van der Waals surface area (Å²) in [6, 6.07) is 4.40. The first-order chi connectivity index (χ1) is 8.22. The van der Waals surface area contributed by atoms with Gasteiger partial charge in [0.15, 0.2) is 5.65 Å². The maximum Gasteiger partial charge on any atom is 0.245 e. The summed E-state index contributed by atoms with van der Waals surface area (Å²) in [5.74, 6) is 0.822. The Balaban J connectivity index is 1.90. The van der Waals surface area contributed by atoms with Crippen LogP contribution in [0.25, 0.3) is 5.65 Å². The summed E-state index contributed by atoms with van der Waals surface area (Å²) in [5.41, 5.74) is 7.99. The molecule has 0 aliphatic carbocycles. The van der Waals surface area contributed by atoms with Crippen molar-refractivity contribution in [1.29, 1.82) is 0 Å². The first-order valence-electron chi connectivity index (χ1n) is 6.06. The van der Waals surface area contributed by atoms with Crippen LogP contribution in [0.15, 0.2) is 18.3 Å². The van der Waals surface area contributed by atoms with E-state index in [2.05, 4.69) is 28.0 Å². The summed E-state index contributed by atoms with van der Waals surface area (Å²) in [6.45, 7) is 3.97. The van der Waals surface area contributed by atoms with Gasteiger partial charge in [-0.2, -0.15) is 4.98 Å². The second-order valence-electron chi connectivity index (χ2n) is 4.75. The van der Waals surface area contributed by atoms with Gasteiger partial charge in [-0.1, -0.05) is 6.07 Å². The predicted molar refractivity (Wildman–Crippen MR) is 67.1 cm³/mol. The van der Waals surface area contributed by atoms with Crippen LogP contribution in [-0.4, -0.2) is 33.7 Å². The highest BCUT2D eigenvalue weighted by atomic mass is 15.4. The molecule has 5 nitrogen and oxygen atoms in total. The maximum absolute atomic E-state index is 5.90. The van der Waals surface area contributed by atoms with Gasteiger partial charge < -0.3 is 10.6 Å². The predicted octanol–water partition coefficient (Wildman–Crippen LogP) is 0.965. The zero-order valence-electron chi connectivity index (χ0n) is 10.0. The minimum atomic E-state index is 0.338. The van der Waals surface area contributed by atoms with Crippen LogP contribution in [0.4, 0.5) is 5.95 Å². The number of fused-ring (bicyclic) bond motifs is 1. The molecule has 2 N–H and O–H groups in total. The van der Waals surface area contributed by atoms with Gasteiger partial charge in [0.05, 0.1) is 0 Å². The molecule has 17 heavy (non-hydrogen) atoms. The SMILES string of the molecule is Cc1ccc2nc(N3CCC(N)CC3)nn2c1. The fraction of sp³-hybridized carbons (Fsp3) is 0.500. The van der Waals surface area contributed by atoms with Gasteiger partial charge in [-0.3, -0.25) is 0 Å². The van der Waals surface area contributed by atoms with Gasteiger partial charge in [0.2, 0.25) is 5.95 Å². The lowest BCUT2D eigenvalue weighted by Crippen LogP contribution is -2.40. The van der Waals surface area contributed by atoms with Crippen LogP contribution in [0.2, 0.25) is 0 Å². The summed E-state index contributed by atoms with van der Waals surface area (Å²) in [5, 5.41) is 4.51. The Morgan fingerprint density at radius 3 is 2.82 bits per heavy atom. The van der Waals surface area contributed by atoms with Crippen molar-refractivity contribution in [3.63, 3.8) is 0 Å². The number of aryl methyl sites for hydroxylation is 1. The van der Waals surface area contributed by atoms with Gasteiger partial charge in [-0.25, -0.2) is 4.52 Å². The summed E-state index contributed by atoms with van der Waals surface area (Å²) in [7, 11) is 0. The summed E-state index contributed by atoms with van der Waals surface area (Å²) >= 11 is 0. The molecule has 3 rings (SSSR count). The Morgan fingerprint density at radius 2 is 2.06 bits per heavy atom. The Bertz CT molecular complexity index is 525. The average Bonchev–Trinajstić information content (AvgIpc) is 2.72. The highest BCUT2D eigenvalue weighted by molar-refractivity contribution is 5.45. The Labute approximate surface area is 100 Å². The van der Waals surface area contributed by atoms with E-state index in [1.165, 1.54) is 5.56 Å². The first-order valence-corrected chi connectivity index (χ1v) is 6.06. The Hall–Kier alpha value is -1.62. The molecule has 0 unspecified atom stereocenters. The smallest absolute Gasteiger partial charge is 0.245 e. The van der Waals surface area contributed by atoms with E-state index in [9.17, 15) is 0 Å². The van der Waals surface area contributed by atoms with Crippen molar-refractivity contribution in [3.8, 4) is 0 Å². The van der Waals surface area contributed by atoms with E-state index in [-0.39, 0.29) is 0 Å². The first kappa shape index (κ1) is 10.5. The van der Waals surface area contributed by atoms with Gasteiger partial charge in [0.25, 0.3) is 0 Å². The van der Waals surface area contributed by atoms with Crippen LogP contribution in [0.3, 0.4) is 0 Å². The van der Waals surface area contributed by atoms with E-state index in [4.69, 9.17) is 5.73 Å². The molecular formula is C12H17N5. The molecule has 0 atom stereocenters. The second-order valence-corrected chi connectivity index (χ2v) is 4.75. The molecule has 2 aromatic heterocycles. The third-order valence-corrected chi connectivity index (χ3v) is 3.29. The topological polar surface area (TPSA) is 59.5 Å². The van der Waals surface area contributed by atoms with E-state index in [1.807, 2.05) is 16.8 Å². The third-order valence-electron chi connectivity index (χ3n) is 3.29. The molecule has 1 fully saturated rings. The molecule has 0 aromatic carbocycles. The maximum atomic E-state index is 5.90. The normalized spacial score (nSPS) is 17.9. The number of piperidine rings is 1. The zero-order chi connectivity index (χ0) is 11.8. The van der Waals surface area contributed by atoms with Crippen molar-refractivity contribution in [2.75, 3.05) is 18.0 Å². The van der Waals surface area contributed by atoms with Crippen LogP contribution in [0.5, 0.6) is 0 Å². The summed E-state index contributed by atoms with van der Waals surface area (Å²) < 4.78 is 1.85. The van der Waals surface area contributed by atoms with E-state index in [1.54, 1.807) is 0 Å². The Morgan fingerprint density at radius 1 is 1.29 bits per heavy atom. The number of pyridine rings is 1. The molecule has 3 heterocycles. The van der Waals surface area contributed by atoms with Crippen molar-refractivity contribution in [2.24, 2.45) is 5.73 Å². The number of rotatable bonds is 1. The highest BCUT2D eigenvalue weighted by Gasteiger charge is 2.19. The quantitative estimate of drug-likeness (QED) is 0.794. The Kier molecular flexibility index (Phi) is 2.48. The minimum absolute atomic E-state index is 0.338. The third kappa shape index (κ3) is 1.98. The van der Waals surface area contributed by atoms with Crippen molar-refractivity contribution in [3.05, 3.63) is 23.9 Å². The number of hydrogen-bond donors (Lipinski definition) is 1. The number of nitrogens with zero attached hydrogens (tertiary/aromatic N) is 4. The van der Waals surface area contributed by atoms with Gasteiger partial charge in [0.1, 0.15) is 0 Å². The molecule has 0 bridgehead atoms. The second kappa shape index (κ2) is 4.00. The molecule has 2 aromatic rings. The lowest BCUT2D eigenvalue weighted by molar-refractivity contribution is 0.495. The molecule has 1 aliphatic rings. The summed E-state index contributed by atoms with van der Waals surface area (Å²) in [4.78, 5) is 6.75. The molecule has 0 radical (unpaired) electrons. The molecule has 5 heteroatoms. The van der Waals surface area contributed by atoms with Crippen LogP contribution in [0, 0.1) is 6.92 Å². The molecule has 0 amide bonds. The van der Waals surface area contributed by atoms with Gasteiger partial charge >= 0.3 is 0 Å². The van der Waals surface area contributed by atoms with Crippen LogP contribution in [0.1, 0.15) is 18.4 Å². The van der Waals surface area contributed by atoms with Crippen LogP contribution < -0.4 is 10.6 Å². The van der Waals surface area contributed by atoms with Gasteiger partial charge in [-0.05, 0) is 31.4 Å². The van der Waals surface area contributed by atoms with Gasteiger partial charge in [-0.15, -0.1) is 5.10 Å². The molecule has 1 saturated heterocycles. The van der Waals surface area contributed by atoms with Gasteiger partial charge in [0, 0.05) is 25.3 Å². The molecule has 0 spiro atoms. The van der Waals surface area contributed by atoms with E-state index < -0.39 is 0 Å². The molecular weight excluding hydrogens is 214 g/mol. The molecule has 1 aliphatic heterocycles. The lowest BCUT2D eigenvalue weighted by Gasteiger charge is -2.28. The highest BCUT2D eigenvalue weighted by Crippen LogP contribution is 2.16. The van der Waals surface area contributed by atoms with E-state index in [0.717, 1.165) is 37.5 Å². The summed E-state index contributed by atoms with van der Waals surface area (Å²) in [6.07, 6.45) is 4.05. The fourth-order valence-corrected chi connectivity index (χ4v) is 2.21. The van der Waals surface area contributed by atoms with E-state index in [0.29, 0.717) is 6.04 Å².